The van der Waals surface area contributed by atoms with Crippen LogP contribution in [0.4, 0.5) is 5.82 Å². The van der Waals surface area contributed by atoms with Crippen molar-refractivity contribution in [1.82, 2.24) is 20.0 Å². The predicted molar refractivity (Wildman–Crippen MR) is 105 cm³/mol. The minimum atomic E-state index is -0.470. The van der Waals surface area contributed by atoms with Crippen LogP contribution in [0.2, 0.25) is 0 Å². The van der Waals surface area contributed by atoms with Gasteiger partial charge in [0.25, 0.3) is 5.91 Å². The number of carbonyl (C=O) groups excluding carboxylic acids is 1. The highest BCUT2D eigenvalue weighted by Gasteiger charge is 2.23. The van der Waals surface area contributed by atoms with Crippen molar-refractivity contribution in [3.63, 3.8) is 0 Å². The molecule has 0 spiro atoms. The molecule has 0 bridgehead atoms. The molecule has 1 fully saturated rings. The fourth-order valence-corrected chi connectivity index (χ4v) is 3.09. The van der Waals surface area contributed by atoms with Crippen molar-refractivity contribution in [2.24, 2.45) is 0 Å². The van der Waals surface area contributed by atoms with Crippen molar-refractivity contribution in [2.45, 2.75) is 19.8 Å². The van der Waals surface area contributed by atoms with E-state index < -0.39 is 5.63 Å². The number of piperazine rings is 1. The molecule has 0 unspecified atom stereocenters. The quantitative estimate of drug-likeness (QED) is 0.662. The Morgan fingerprint density at radius 2 is 1.90 bits per heavy atom. The van der Waals surface area contributed by atoms with E-state index in [4.69, 9.17) is 8.94 Å². The molecule has 3 aromatic heterocycles. The van der Waals surface area contributed by atoms with E-state index in [1.165, 1.54) is 18.4 Å². The molecule has 150 valence electrons. The van der Waals surface area contributed by atoms with Crippen molar-refractivity contribution in [1.29, 1.82) is 0 Å². The molecule has 0 N–H and O–H groups in total. The number of anilines is 1. The molecule has 3 aromatic rings. The Balaban J connectivity index is 1.38. The third kappa shape index (κ3) is 4.03. The molecule has 0 saturated carbocycles. The summed E-state index contributed by atoms with van der Waals surface area (Å²) >= 11 is 0. The minimum absolute atomic E-state index is 0.144. The van der Waals surface area contributed by atoms with Crippen LogP contribution >= 0.6 is 0 Å². The van der Waals surface area contributed by atoms with Gasteiger partial charge in [-0.3, -0.25) is 4.79 Å². The number of hydrogen-bond donors (Lipinski definition) is 0. The molecule has 1 aliphatic heterocycles. The summed E-state index contributed by atoms with van der Waals surface area (Å²) in [6, 6.07) is 6.58. The van der Waals surface area contributed by atoms with Crippen LogP contribution in [0.5, 0.6) is 0 Å². The fourth-order valence-electron chi connectivity index (χ4n) is 3.09. The van der Waals surface area contributed by atoms with Crippen LogP contribution in [0.25, 0.3) is 11.4 Å². The van der Waals surface area contributed by atoms with E-state index in [0.717, 1.165) is 11.4 Å². The van der Waals surface area contributed by atoms with E-state index in [9.17, 15) is 9.59 Å². The summed E-state index contributed by atoms with van der Waals surface area (Å²) in [4.78, 5) is 36.3. The number of carbonyl (C=O) groups is 1. The van der Waals surface area contributed by atoms with Crippen molar-refractivity contribution >= 4 is 11.7 Å². The Morgan fingerprint density at radius 1 is 1.10 bits per heavy atom. The van der Waals surface area contributed by atoms with Gasteiger partial charge in [0.2, 0.25) is 11.7 Å². The average molecular weight is 395 g/mol. The molecule has 0 aromatic carbocycles. The lowest BCUT2D eigenvalue weighted by atomic mass is 10.2. The van der Waals surface area contributed by atoms with Crippen molar-refractivity contribution in [3.05, 3.63) is 58.6 Å². The molecular weight excluding hydrogens is 374 g/mol. The van der Waals surface area contributed by atoms with Crippen LogP contribution in [0.3, 0.4) is 0 Å². The van der Waals surface area contributed by atoms with E-state index in [2.05, 4.69) is 20.0 Å². The van der Waals surface area contributed by atoms with Crippen molar-refractivity contribution < 1.29 is 13.7 Å². The standard InChI is InChI=1S/C20H21N5O4/c1-13(2)19-22-18(23-29-19)14-3-5-16(21-11-14)24-7-9-25(10-8-24)20(27)15-4-6-17(26)28-12-15/h3-6,11-13H,7-10H2,1-2H3. The largest absolute Gasteiger partial charge is 0.430 e. The molecule has 9 nitrogen and oxygen atoms in total. The molecule has 0 aliphatic carbocycles. The van der Waals surface area contributed by atoms with Crippen molar-refractivity contribution in [3.8, 4) is 11.4 Å². The van der Waals surface area contributed by atoms with E-state index in [0.29, 0.717) is 43.5 Å². The van der Waals surface area contributed by atoms with Gasteiger partial charge in [-0.2, -0.15) is 4.98 Å². The fraction of sp³-hybridized carbons (Fsp3) is 0.350. The van der Waals surface area contributed by atoms with Gasteiger partial charge in [-0.15, -0.1) is 0 Å². The Bertz CT molecular complexity index is 1030. The summed E-state index contributed by atoms with van der Waals surface area (Å²) in [5, 5.41) is 4.00. The van der Waals surface area contributed by atoms with Gasteiger partial charge in [0.1, 0.15) is 12.1 Å². The Labute approximate surface area is 167 Å². The Kier molecular flexibility index (Phi) is 5.11. The highest BCUT2D eigenvalue weighted by Crippen LogP contribution is 2.21. The first-order valence-corrected chi connectivity index (χ1v) is 9.44. The second kappa shape index (κ2) is 7.86. The molecule has 4 heterocycles. The lowest BCUT2D eigenvalue weighted by Gasteiger charge is -2.35. The number of pyridine rings is 1. The second-order valence-corrected chi connectivity index (χ2v) is 7.14. The molecule has 0 radical (unpaired) electrons. The maximum Gasteiger partial charge on any atom is 0.335 e. The summed E-state index contributed by atoms with van der Waals surface area (Å²) in [5.41, 5.74) is 0.701. The van der Waals surface area contributed by atoms with Gasteiger partial charge >= 0.3 is 5.63 Å². The highest BCUT2D eigenvalue weighted by molar-refractivity contribution is 5.93. The Hall–Kier alpha value is -3.49. The number of amides is 1. The zero-order valence-electron chi connectivity index (χ0n) is 16.2. The zero-order chi connectivity index (χ0) is 20.4. The molecule has 9 heteroatoms. The van der Waals surface area contributed by atoms with E-state index in [1.54, 1.807) is 11.1 Å². The van der Waals surface area contributed by atoms with E-state index in [-0.39, 0.29) is 11.8 Å². The first kappa shape index (κ1) is 18.9. The summed E-state index contributed by atoms with van der Waals surface area (Å²) in [6.45, 7) is 6.43. The molecule has 1 amide bonds. The maximum absolute atomic E-state index is 12.5. The first-order valence-electron chi connectivity index (χ1n) is 9.44. The summed E-state index contributed by atoms with van der Waals surface area (Å²) in [5.74, 6) is 1.99. The number of aromatic nitrogens is 3. The van der Waals surface area contributed by atoms with Crippen LogP contribution in [-0.2, 0) is 0 Å². The lowest BCUT2D eigenvalue weighted by molar-refractivity contribution is 0.0743. The summed E-state index contributed by atoms with van der Waals surface area (Å²) in [6.07, 6.45) is 2.94. The monoisotopic (exact) mass is 395 g/mol. The molecule has 1 saturated heterocycles. The SMILES string of the molecule is CC(C)c1nc(-c2ccc(N3CCN(C(=O)c4ccc(=O)oc4)CC3)nc2)no1. The van der Waals surface area contributed by atoms with Gasteiger partial charge in [0.15, 0.2) is 0 Å². The second-order valence-electron chi connectivity index (χ2n) is 7.14. The van der Waals surface area contributed by atoms with E-state index >= 15 is 0 Å². The number of hydrogen-bond acceptors (Lipinski definition) is 8. The van der Waals surface area contributed by atoms with Crippen LogP contribution in [0.15, 0.2) is 50.5 Å². The number of rotatable bonds is 4. The molecule has 1 aliphatic rings. The molecule has 29 heavy (non-hydrogen) atoms. The summed E-state index contributed by atoms with van der Waals surface area (Å²) in [7, 11) is 0. The third-order valence-corrected chi connectivity index (χ3v) is 4.78. The number of nitrogens with zero attached hydrogens (tertiary/aromatic N) is 5. The Morgan fingerprint density at radius 3 is 2.48 bits per heavy atom. The van der Waals surface area contributed by atoms with Crippen molar-refractivity contribution in [2.75, 3.05) is 31.1 Å². The maximum atomic E-state index is 12.5. The topological polar surface area (TPSA) is 106 Å². The van der Waals surface area contributed by atoms with Crippen LogP contribution in [0, 0.1) is 0 Å². The summed E-state index contributed by atoms with van der Waals surface area (Å²) < 4.78 is 10.0. The first-order chi connectivity index (χ1) is 14.0. The van der Waals surface area contributed by atoms with Gasteiger partial charge in [0.05, 0.1) is 5.56 Å². The third-order valence-electron chi connectivity index (χ3n) is 4.78. The zero-order valence-corrected chi connectivity index (χ0v) is 16.2. The van der Waals surface area contributed by atoms with Crippen LogP contribution in [0.1, 0.15) is 36.0 Å². The normalized spacial score (nSPS) is 14.4. The van der Waals surface area contributed by atoms with Crippen LogP contribution < -0.4 is 10.5 Å². The van der Waals surface area contributed by atoms with Crippen LogP contribution in [-0.4, -0.2) is 52.1 Å². The molecule has 4 rings (SSSR count). The van der Waals surface area contributed by atoms with Gasteiger partial charge in [-0.1, -0.05) is 19.0 Å². The smallest absolute Gasteiger partial charge is 0.335 e. The van der Waals surface area contributed by atoms with Gasteiger partial charge in [-0.05, 0) is 18.2 Å². The van der Waals surface area contributed by atoms with Gasteiger partial charge in [0, 0.05) is 49.9 Å². The van der Waals surface area contributed by atoms with E-state index in [1.807, 2.05) is 26.0 Å². The molecular formula is C20H21N5O4. The lowest BCUT2D eigenvalue weighted by Crippen LogP contribution is -2.49. The van der Waals surface area contributed by atoms with Gasteiger partial charge < -0.3 is 18.7 Å². The predicted octanol–water partition coefficient (Wildman–Crippen LogP) is 2.17. The minimum Gasteiger partial charge on any atom is -0.430 e. The highest BCUT2D eigenvalue weighted by atomic mass is 16.5. The van der Waals surface area contributed by atoms with Gasteiger partial charge in [-0.25, -0.2) is 9.78 Å². The average Bonchev–Trinajstić information content (AvgIpc) is 3.25. The molecule has 0 atom stereocenters.